The number of nitrogens with zero attached hydrogens (tertiary/aromatic N) is 1. The lowest BCUT2D eigenvalue weighted by atomic mass is 10.0. The van der Waals surface area contributed by atoms with Crippen molar-refractivity contribution in [3.05, 3.63) is 69.8 Å². The van der Waals surface area contributed by atoms with Gasteiger partial charge < -0.3 is 4.57 Å². The zero-order chi connectivity index (χ0) is 15.0. The van der Waals surface area contributed by atoms with Gasteiger partial charge in [-0.05, 0) is 55.3 Å². The van der Waals surface area contributed by atoms with Crippen molar-refractivity contribution in [2.24, 2.45) is 0 Å². The van der Waals surface area contributed by atoms with Gasteiger partial charge in [-0.3, -0.25) is 4.79 Å². The summed E-state index contributed by atoms with van der Waals surface area (Å²) in [6, 6.07) is 14.0. The molecule has 3 heteroatoms. The molecule has 3 aromatic rings. The maximum atomic E-state index is 12.5. The van der Waals surface area contributed by atoms with E-state index in [2.05, 4.69) is 28.9 Å². The smallest absolute Gasteiger partial charge is 0.182 e. The first-order valence-electron chi connectivity index (χ1n) is 6.89. The van der Waals surface area contributed by atoms with Crippen molar-refractivity contribution in [1.29, 1.82) is 0 Å². The summed E-state index contributed by atoms with van der Waals surface area (Å²) in [4.78, 5) is 12.5. The molecule has 0 atom stereocenters. The van der Waals surface area contributed by atoms with E-state index >= 15 is 0 Å². The van der Waals surface area contributed by atoms with Crippen LogP contribution < -0.4 is 0 Å². The number of ketones is 1. The molecular weight excluding hydrogens is 326 g/mol. The number of hydrogen-bond donors (Lipinski definition) is 0. The van der Waals surface area contributed by atoms with Gasteiger partial charge in [0.1, 0.15) is 0 Å². The number of fused-ring (bicyclic) bond motifs is 1. The second-order valence-corrected chi connectivity index (χ2v) is 6.28. The lowest BCUT2D eigenvalue weighted by Gasteiger charge is -2.07. The molecule has 2 nitrogen and oxygen atoms in total. The Morgan fingerprint density at radius 1 is 1.05 bits per heavy atom. The van der Waals surface area contributed by atoms with Crippen LogP contribution in [0, 0.1) is 13.8 Å². The highest BCUT2D eigenvalue weighted by molar-refractivity contribution is 9.10. The summed E-state index contributed by atoms with van der Waals surface area (Å²) >= 11 is 3.47. The molecule has 21 heavy (non-hydrogen) atoms. The SMILES string of the molecule is Cc1ccc(C(=O)Cn2ccc3cc(Br)ccc32)cc1C. The van der Waals surface area contributed by atoms with Gasteiger partial charge in [-0.25, -0.2) is 0 Å². The van der Waals surface area contributed by atoms with Gasteiger partial charge in [0.05, 0.1) is 6.54 Å². The number of halogens is 1. The minimum absolute atomic E-state index is 0.138. The van der Waals surface area contributed by atoms with Gasteiger partial charge in [-0.15, -0.1) is 0 Å². The van der Waals surface area contributed by atoms with E-state index in [0.29, 0.717) is 6.54 Å². The molecule has 0 bridgehead atoms. The Labute approximate surface area is 132 Å². The largest absolute Gasteiger partial charge is 0.340 e. The van der Waals surface area contributed by atoms with Crippen LogP contribution in [0.3, 0.4) is 0 Å². The molecule has 0 aliphatic rings. The van der Waals surface area contributed by atoms with Crippen molar-refractivity contribution in [3.8, 4) is 0 Å². The number of benzene rings is 2. The summed E-state index contributed by atoms with van der Waals surface area (Å²) in [7, 11) is 0. The Balaban J connectivity index is 1.91. The fraction of sp³-hybridized carbons (Fsp3) is 0.167. The van der Waals surface area contributed by atoms with Crippen LogP contribution in [-0.2, 0) is 6.54 Å². The van der Waals surface area contributed by atoms with Gasteiger partial charge in [0.15, 0.2) is 5.78 Å². The van der Waals surface area contributed by atoms with Gasteiger partial charge in [-0.1, -0.05) is 28.1 Å². The highest BCUT2D eigenvalue weighted by atomic mass is 79.9. The summed E-state index contributed by atoms with van der Waals surface area (Å²) < 4.78 is 3.05. The van der Waals surface area contributed by atoms with E-state index in [1.807, 2.05) is 54.1 Å². The summed E-state index contributed by atoms with van der Waals surface area (Å²) in [5.74, 6) is 0.138. The molecule has 0 radical (unpaired) electrons. The zero-order valence-corrected chi connectivity index (χ0v) is 13.6. The second-order valence-electron chi connectivity index (χ2n) is 5.37. The molecule has 0 amide bonds. The molecule has 0 aliphatic carbocycles. The lowest BCUT2D eigenvalue weighted by molar-refractivity contribution is 0.0973. The van der Waals surface area contributed by atoms with Crippen LogP contribution in [0.2, 0.25) is 0 Å². The fourth-order valence-electron chi connectivity index (χ4n) is 2.47. The van der Waals surface area contributed by atoms with Crippen molar-refractivity contribution in [2.75, 3.05) is 0 Å². The van der Waals surface area contributed by atoms with E-state index in [9.17, 15) is 4.79 Å². The third-order valence-electron chi connectivity index (χ3n) is 3.88. The van der Waals surface area contributed by atoms with Crippen molar-refractivity contribution >= 4 is 32.6 Å². The number of rotatable bonds is 3. The van der Waals surface area contributed by atoms with Crippen LogP contribution in [0.1, 0.15) is 21.5 Å². The predicted molar refractivity (Wildman–Crippen MR) is 89.9 cm³/mol. The van der Waals surface area contributed by atoms with Crippen LogP contribution >= 0.6 is 15.9 Å². The quantitative estimate of drug-likeness (QED) is 0.620. The molecule has 0 fully saturated rings. The number of Topliss-reactive ketones (excluding diaryl/α,β-unsaturated/α-hetero) is 1. The lowest BCUT2D eigenvalue weighted by Crippen LogP contribution is -2.09. The van der Waals surface area contributed by atoms with Crippen LogP contribution in [0.15, 0.2) is 53.1 Å². The number of carbonyl (C=O) groups excluding carboxylic acids is 1. The van der Waals surface area contributed by atoms with E-state index < -0.39 is 0 Å². The van der Waals surface area contributed by atoms with Crippen LogP contribution in [0.4, 0.5) is 0 Å². The van der Waals surface area contributed by atoms with Crippen LogP contribution in [0.25, 0.3) is 10.9 Å². The third kappa shape index (κ3) is 2.79. The second kappa shape index (κ2) is 5.49. The Kier molecular flexibility index (Phi) is 3.68. The highest BCUT2D eigenvalue weighted by Gasteiger charge is 2.10. The Hall–Kier alpha value is -1.87. The summed E-state index contributed by atoms with van der Waals surface area (Å²) in [6.45, 7) is 4.46. The van der Waals surface area contributed by atoms with Crippen molar-refractivity contribution in [2.45, 2.75) is 20.4 Å². The van der Waals surface area contributed by atoms with E-state index in [4.69, 9.17) is 0 Å². The summed E-state index contributed by atoms with van der Waals surface area (Å²) in [5, 5.41) is 1.14. The van der Waals surface area contributed by atoms with Crippen molar-refractivity contribution < 1.29 is 4.79 Å². The van der Waals surface area contributed by atoms with E-state index in [0.717, 1.165) is 26.5 Å². The molecule has 1 heterocycles. The van der Waals surface area contributed by atoms with E-state index in [1.54, 1.807) is 0 Å². The third-order valence-corrected chi connectivity index (χ3v) is 4.37. The number of hydrogen-bond acceptors (Lipinski definition) is 1. The Morgan fingerprint density at radius 2 is 1.86 bits per heavy atom. The topological polar surface area (TPSA) is 22.0 Å². The Bertz CT molecular complexity index is 832. The molecule has 0 unspecified atom stereocenters. The molecular formula is C18H16BrNO. The van der Waals surface area contributed by atoms with Gasteiger partial charge >= 0.3 is 0 Å². The van der Waals surface area contributed by atoms with Gasteiger partial charge in [0.2, 0.25) is 0 Å². The van der Waals surface area contributed by atoms with Gasteiger partial charge in [-0.2, -0.15) is 0 Å². The standard InChI is InChI=1S/C18H16BrNO/c1-12-3-4-15(9-13(12)2)18(21)11-20-8-7-14-10-16(19)5-6-17(14)20/h3-10H,11H2,1-2H3. The maximum Gasteiger partial charge on any atom is 0.182 e. The zero-order valence-electron chi connectivity index (χ0n) is 12.1. The minimum Gasteiger partial charge on any atom is -0.340 e. The normalized spacial score (nSPS) is 11.0. The van der Waals surface area contributed by atoms with Crippen LogP contribution in [-0.4, -0.2) is 10.4 Å². The number of aryl methyl sites for hydroxylation is 2. The molecule has 0 spiro atoms. The fourth-order valence-corrected chi connectivity index (χ4v) is 2.85. The van der Waals surface area contributed by atoms with E-state index in [1.165, 1.54) is 5.56 Å². The molecule has 0 N–H and O–H groups in total. The summed E-state index contributed by atoms with van der Waals surface area (Å²) in [6.07, 6.45) is 1.97. The van der Waals surface area contributed by atoms with Crippen molar-refractivity contribution in [1.82, 2.24) is 4.57 Å². The number of aromatic nitrogens is 1. The molecule has 1 aromatic heterocycles. The van der Waals surface area contributed by atoms with Crippen LogP contribution in [0.5, 0.6) is 0 Å². The maximum absolute atomic E-state index is 12.5. The molecule has 106 valence electrons. The van der Waals surface area contributed by atoms with Gasteiger partial charge in [0, 0.05) is 27.1 Å². The molecule has 0 saturated carbocycles. The summed E-state index contributed by atoms with van der Waals surface area (Å²) in [5.41, 5.74) is 4.22. The van der Waals surface area contributed by atoms with Gasteiger partial charge in [0.25, 0.3) is 0 Å². The van der Waals surface area contributed by atoms with E-state index in [-0.39, 0.29) is 5.78 Å². The van der Waals surface area contributed by atoms with Crippen molar-refractivity contribution in [3.63, 3.8) is 0 Å². The average Bonchev–Trinajstić information content (AvgIpc) is 2.84. The molecule has 0 saturated heterocycles. The molecule has 2 aromatic carbocycles. The first-order valence-corrected chi connectivity index (χ1v) is 7.69. The first kappa shape index (κ1) is 14.1. The molecule has 3 rings (SSSR count). The predicted octanol–water partition coefficient (Wildman–Crippen LogP) is 4.90. The Morgan fingerprint density at radius 3 is 2.62 bits per heavy atom. The number of carbonyl (C=O) groups is 1. The average molecular weight is 342 g/mol. The highest BCUT2D eigenvalue weighted by Crippen LogP contribution is 2.21. The monoisotopic (exact) mass is 341 g/mol. The molecule has 0 aliphatic heterocycles. The minimum atomic E-state index is 0.138. The first-order chi connectivity index (χ1) is 10.0.